The average Bonchev–Trinajstić information content (AvgIpc) is 2.39. The molecule has 0 spiro atoms. The maximum atomic E-state index is 11.7. The number of carbonyl (C=O) groups is 1. The first kappa shape index (κ1) is 17.4. The number of phenols is 1. The number of hydrogen-bond acceptors (Lipinski definition) is 3. The lowest BCUT2D eigenvalue weighted by atomic mass is 9.98. The molecule has 0 saturated carbocycles. The molecule has 0 aliphatic carbocycles. The fraction of sp³-hybridized carbons (Fsp3) is 0.500. The summed E-state index contributed by atoms with van der Waals surface area (Å²) < 4.78 is 0. The Balaban J connectivity index is 2.73. The van der Waals surface area contributed by atoms with Crippen LogP contribution >= 0.6 is 12.2 Å². The van der Waals surface area contributed by atoms with Crippen LogP contribution in [0.2, 0.25) is 0 Å². The molecule has 0 bridgehead atoms. The van der Waals surface area contributed by atoms with Gasteiger partial charge in [-0.3, -0.25) is 4.79 Å². The van der Waals surface area contributed by atoms with Crippen LogP contribution in [0.3, 0.4) is 0 Å². The van der Waals surface area contributed by atoms with Crippen LogP contribution in [0.4, 0.5) is 5.69 Å². The second kappa shape index (κ2) is 7.98. The highest BCUT2D eigenvalue weighted by Crippen LogP contribution is 2.28. The number of aromatic hydroxyl groups is 1. The lowest BCUT2D eigenvalue weighted by Gasteiger charge is -2.15. The minimum absolute atomic E-state index is 0.113. The topological polar surface area (TPSA) is 61.4 Å². The van der Waals surface area contributed by atoms with E-state index in [-0.39, 0.29) is 22.7 Å². The van der Waals surface area contributed by atoms with Gasteiger partial charge in [-0.1, -0.05) is 33.8 Å². The molecule has 5 heteroatoms. The van der Waals surface area contributed by atoms with Crippen molar-refractivity contribution < 1.29 is 9.90 Å². The molecule has 4 nitrogen and oxygen atoms in total. The summed E-state index contributed by atoms with van der Waals surface area (Å²) in [7, 11) is 0. The number of thiocarbonyl (C=S) groups is 1. The molecule has 0 aliphatic rings. The summed E-state index contributed by atoms with van der Waals surface area (Å²) in [5.74, 6) is 0.660. The van der Waals surface area contributed by atoms with E-state index in [1.807, 2.05) is 26.0 Å². The summed E-state index contributed by atoms with van der Waals surface area (Å²) in [5.41, 5.74) is 1.64. The fourth-order valence-corrected chi connectivity index (χ4v) is 2.12. The molecule has 116 valence electrons. The maximum absolute atomic E-state index is 11.7. The van der Waals surface area contributed by atoms with Gasteiger partial charge < -0.3 is 15.7 Å². The van der Waals surface area contributed by atoms with Gasteiger partial charge in [0.15, 0.2) is 5.11 Å². The predicted octanol–water partition coefficient (Wildman–Crippen LogP) is 3.76. The molecule has 1 atom stereocenters. The first-order valence-corrected chi connectivity index (χ1v) is 7.68. The van der Waals surface area contributed by atoms with Gasteiger partial charge in [0.2, 0.25) is 5.91 Å². The number of amides is 1. The molecule has 1 aromatic carbocycles. The van der Waals surface area contributed by atoms with Crippen molar-refractivity contribution in [2.24, 2.45) is 5.92 Å². The third kappa shape index (κ3) is 5.71. The zero-order valence-electron chi connectivity index (χ0n) is 13.1. The highest BCUT2D eigenvalue weighted by molar-refractivity contribution is 7.80. The molecule has 21 heavy (non-hydrogen) atoms. The van der Waals surface area contributed by atoms with Crippen molar-refractivity contribution in [2.75, 3.05) is 5.32 Å². The number of carbonyl (C=O) groups excluding carboxylic acids is 1. The van der Waals surface area contributed by atoms with Gasteiger partial charge in [0, 0.05) is 6.42 Å². The van der Waals surface area contributed by atoms with E-state index in [1.165, 1.54) is 0 Å². The second-order valence-electron chi connectivity index (χ2n) is 5.69. The molecule has 1 aromatic rings. The van der Waals surface area contributed by atoms with Gasteiger partial charge in [-0.05, 0) is 48.2 Å². The number of hydrogen-bond donors (Lipinski definition) is 3. The Kier molecular flexibility index (Phi) is 6.62. The predicted molar refractivity (Wildman–Crippen MR) is 90.6 cm³/mol. The molecule has 0 fully saturated rings. The Morgan fingerprint density at radius 2 is 2.00 bits per heavy atom. The Hall–Kier alpha value is -1.62. The van der Waals surface area contributed by atoms with Crippen LogP contribution in [0.5, 0.6) is 5.75 Å². The van der Waals surface area contributed by atoms with Crippen molar-refractivity contribution >= 4 is 28.9 Å². The Bertz CT molecular complexity index is 515. The molecule has 0 aliphatic heterocycles. The van der Waals surface area contributed by atoms with E-state index in [9.17, 15) is 9.90 Å². The average molecular weight is 308 g/mol. The summed E-state index contributed by atoms with van der Waals surface area (Å²) in [6.45, 7) is 8.18. The van der Waals surface area contributed by atoms with Crippen molar-refractivity contribution in [2.45, 2.75) is 46.5 Å². The minimum atomic E-state index is -0.125. The van der Waals surface area contributed by atoms with Crippen LogP contribution in [-0.2, 0) is 4.79 Å². The largest absolute Gasteiger partial charge is 0.506 e. The lowest BCUT2D eigenvalue weighted by molar-refractivity contribution is -0.120. The Morgan fingerprint density at radius 1 is 1.33 bits per heavy atom. The van der Waals surface area contributed by atoms with Crippen LogP contribution < -0.4 is 10.6 Å². The third-order valence-electron chi connectivity index (χ3n) is 3.30. The van der Waals surface area contributed by atoms with Crippen molar-refractivity contribution in [1.29, 1.82) is 0 Å². The monoisotopic (exact) mass is 308 g/mol. The van der Waals surface area contributed by atoms with Crippen molar-refractivity contribution in [3.63, 3.8) is 0 Å². The molecular weight excluding hydrogens is 284 g/mol. The fourth-order valence-electron chi connectivity index (χ4n) is 1.90. The van der Waals surface area contributed by atoms with Crippen molar-refractivity contribution in [3.8, 4) is 5.75 Å². The van der Waals surface area contributed by atoms with Gasteiger partial charge in [-0.25, -0.2) is 0 Å². The van der Waals surface area contributed by atoms with E-state index in [2.05, 4.69) is 24.5 Å². The lowest BCUT2D eigenvalue weighted by Crippen LogP contribution is -2.34. The van der Waals surface area contributed by atoms with E-state index < -0.39 is 0 Å². The third-order valence-corrected chi connectivity index (χ3v) is 3.50. The normalized spacial score (nSPS) is 12.0. The van der Waals surface area contributed by atoms with Gasteiger partial charge in [0.1, 0.15) is 5.75 Å². The quantitative estimate of drug-likeness (QED) is 0.572. The molecule has 0 heterocycles. The van der Waals surface area contributed by atoms with Crippen LogP contribution in [0.25, 0.3) is 0 Å². The molecule has 1 amide bonds. The summed E-state index contributed by atoms with van der Waals surface area (Å²) >= 11 is 5.11. The first-order chi connectivity index (χ1) is 9.83. The number of phenolic OH excluding ortho intramolecular Hbond substituents is 1. The molecule has 0 aromatic heterocycles. The van der Waals surface area contributed by atoms with Crippen molar-refractivity contribution in [3.05, 3.63) is 23.8 Å². The van der Waals surface area contributed by atoms with Crippen LogP contribution in [0.15, 0.2) is 18.2 Å². The first-order valence-electron chi connectivity index (χ1n) is 7.27. The Labute approximate surface area is 131 Å². The van der Waals surface area contributed by atoms with E-state index in [0.717, 1.165) is 12.0 Å². The van der Waals surface area contributed by atoms with Crippen LogP contribution in [0.1, 0.15) is 52.0 Å². The standard InChI is InChI=1S/C16H24N2O2S/c1-5-11(4)12-6-7-14(19)13(9-12)17-16(21)18-15(20)8-10(2)3/h6-7,9-11,19H,5,8H2,1-4H3,(H2,17,18,20,21)/t11-/m1/s1. The zero-order chi connectivity index (χ0) is 16.0. The summed E-state index contributed by atoms with van der Waals surface area (Å²) in [6, 6.07) is 5.40. The number of benzene rings is 1. The van der Waals surface area contributed by atoms with Gasteiger partial charge in [-0.2, -0.15) is 0 Å². The SMILES string of the molecule is CC[C@@H](C)c1ccc(O)c(NC(=S)NC(=O)CC(C)C)c1. The molecular formula is C16H24N2O2S. The number of nitrogens with one attached hydrogen (secondary N) is 2. The minimum Gasteiger partial charge on any atom is -0.506 e. The molecule has 0 radical (unpaired) electrons. The molecule has 1 rings (SSSR count). The molecule has 0 unspecified atom stereocenters. The number of rotatable bonds is 5. The van der Waals surface area contributed by atoms with E-state index in [1.54, 1.807) is 6.07 Å². The van der Waals surface area contributed by atoms with E-state index in [4.69, 9.17) is 12.2 Å². The van der Waals surface area contributed by atoms with E-state index >= 15 is 0 Å². The zero-order valence-corrected chi connectivity index (χ0v) is 13.9. The van der Waals surface area contributed by atoms with Gasteiger partial charge in [0.25, 0.3) is 0 Å². The van der Waals surface area contributed by atoms with Crippen molar-refractivity contribution in [1.82, 2.24) is 5.32 Å². The smallest absolute Gasteiger partial charge is 0.226 e. The summed E-state index contributed by atoms with van der Waals surface area (Å²) in [6.07, 6.45) is 1.43. The second-order valence-corrected chi connectivity index (χ2v) is 6.09. The van der Waals surface area contributed by atoms with Gasteiger partial charge in [0.05, 0.1) is 5.69 Å². The van der Waals surface area contributed by atoms with Gasteiger partial charge >= 0.3 is 0 Å². The van der Waals surface area contributed by atoms with E-state index in [0.29, 0.717) is 18.0 Å². The summed E-state index contributed by atoms with van der Waals surface area (Å²) in [5, 5.41) is 15.6. The summed E-state index contributed by atoms with van der Waals surface area (Å²) in [4.78, 5) is 11.7. The highest BCUT2D eigenvalue weighted by Gasteiger charge is 2.11. The molecule has 0 saturated heterocycles. The van der Waals surface area contributed by atoms with Crippen LogP contribution in [0, 0.1) is 5.92 Å². The highest BCUT2D eigenvalue weighted by atomic mass is 32.1. The number of anilines is 1. The Morgan fingerprint density at radius 3 is 2.57 bits per heavy atom. The maximum Gasteiger partial charge on any atom is 0.226 e. The molecule has 3 N–H and O–H groups in total. The van der Waals surface area contributed by atoms with Gasteiger partial charge in [-0.15, -0.1) is 0 Å². The van der Waals surface area contributed by atoms with Crippen LogP contribution in [-0.4, -0.2) is 16.1 Å².